The van der Waals surface area contributed by atoms with Crippen molar-refractivity contribution < 1.29 is 19.5 Å². The molecule has 28 heavy (non-hydrogen) atoms. The SMILES string of the molecule is O=C(O)CCC(=O)N1N=C(c2ccc(Br)cc2)CC12C(=O)Nc1ccccc12. The van der Waals surface area contributed by atoms with E-state index in [0.717, 1.165) is 10.0 Å². The summed E-state index contributed by atoms with van der Waals surface area (Å²) in [4.78, 5) is 36.8. The highest BCUT2D eigenvalue weighted by molar-refractivity contribution is 9.10. The Labute approximate surface area is 169 Å². The van der Waals surface area contributed by atoms with Gasteiger partial charge in [0, 0.05) is 28.6 Å². The zero-order chi connectivity index (χ0) is 19.9. The number of benzene rings is 2. The lowest BCUT2D eigenvalue weighted by molar-refractivity contribution is -0.146. The lowest BCUT2D eigenvalue weighted by Gasteiger charge is -2.30. The number of rotatable bonds is 4. The second-order valence-corrected chi connectivity index (χ2v) is 7.61. The number of fused-ring (bicyclic) bond motifs is 2. The number of carbonyl (C=O) groups is 3. The third-order valence-corrected chi connectivity index (χ3v) is 5.50. The summed E-state index contributed by atoms with van der Waals surface area (Å²) in [5.74, 6) is -1.91. The average molecular weight is 442 g/mol. The Morgan fingerprint density at radius 1 is 1.14 bits per heavy atom. The molecule has 2 N–H and O–H groups in total. The van der Waals surface area contributed by atoms with Crippen molar-refractivity contribution in [3.63, 3.8) is 0 Å². The molecule has 142 valence electrons. The molecule has 8 heteroatoms. The summed E-state index contributed by atoms with van der Waals surface area (Å²) in [5.41, 5.74) is 1.40. The first-order valence-corrected chi connectivity index (χ1v) is 9.50. The highest BCUT2D eigenvalue weighted by atomic mass is 79.9. The highest BCUT2D eigenvalue weighted by Crippen LogP contribution is 2.47. The quantitative estimate of drug-likeness (QED) is 0.760. The van der Waals surface area contributed by atoms with Crippen LogP contribution in [-0.4, -0.2) is 33.6 Å². The Balaban J connectivity index is 1.79. The van der Waals surface area contributed by atoms with Crippen molar-refractivity contribution in [2.75, 3.05) is 5.32 Å². The number of carboxylic acids is 1. The summed E-state index contributed by atoms with van der Waals surface area (Å²) in [6, 6.07) is 14.6. The first-order chi connectivity index (χ1) is 13.4. The number of carboxylic acid groups (broad SMARTS) is 1. The van der Waals surface area contributed by atoms with Crippen molar-refractivity contribution >= 4 is 45.1 Å². The van der Waals surface area contributed by atoms with E-state index >= 15 is 0 Å². The standard InChI is InChI=1S/C20H16BrN3O4/c21-13-7-5-12(6-8-13)16-11-20(24(23-16)17(25)9-10-18(26)27)14-3-1-2-4-15(14)22-19(20)28/h1-8H,9-11H2,(H,22,28)(H,26,27). The van der Waals surface area contributed by atoms with Gasteiger partial charge in [0.15, 0.2) is 5.54 Å². The molecular weight excluding hydrogens is 426 g/mol. The Morgan fingerprint density at radius 2 is 1.86 bits per heavy atom. The van der Waals surface area contributed by atoms with E-state index in [2.05, 4.69) is 26.3 Å². The Hall–Kier alpha value is -3.00. The van der Waals surface area contributed by atoms with Gasteiger partial charge in [-0.2, -0.15) is 5.10 Å². The van der Waals surface area contributed by atoms with Crippen LogP contribution in [0.3, 0.4) is 0 Å². The largest absolute Gasteiger partial charge is 0.481 e. The number of para-hydroxylation sites is 1. The van der Waals surface area contributed by atoms with Gasteiger partial charge in [-0.05, 0) is 23.8 Å². The van der Waals surface area contributed by atoms with Crippen LogP contribution in [0.2, 0.25) is 0 Å². The molecule has 0 bridgehead atoms. The van der Waals surface area contributed by atoms with Crippen molar-refractivity contribution in [1.82, 2.24) is 5.01 Å². The van der Waals surface area contributed by atoms with Crippen LogP contribution in [0.25, 0.3) is 0 Å². The van der Waals surface area contributed by atoms with Gasteiger partial charge in [0.25, 0.3) is 5.91 Å². The topological polar surface area (TPSA) is 99.1 Å². The molecule has 7 nitrogen and oxygen atoms in total. The number of aliphatic carboxylic acids is 1. The van der Waals surface area contributed by atoms with Gasteiger partial charge < -0.3 is 10.4 Å². The fraction of sp³-hybridized carbons (Fsp3) is 0.200. The molecule has 2 aromatic rings. The van der Waals surface area contributed by atoms with Crippen molar-refractivity contribution in [1.29, 1.82) is 0 Å². The zero-order valence-electron chi connectivity index (χ0n) is 14.7. The molecule has 1 unspecified atom stereocenters. The fourth-order valence-electron chi connectivity index (χ4n) is 3.64. The van der Waals surface area contributed by atoms with Crippen molar-refractivity contribution in [2.45, 2.75) is 24.8 Å². The molecule has 2 aliphatic heterocycles. The van der Waals surface area contributed by atoms with E-state index in [1.807, 2.05) is 24.3 Å². The molecule has 0 radical (unpaired) electrons. The number of halogens is 1. The molecule has 2 aromatic carbocycles. The number of carbonyl (C=O) groups excluding carboxylic acids is 2. The number of hydrogen-bond acceptors (Lipinski definition) is 4. The Bertz CT molecular complexity index is 1020. The first-order valence-electron chi connectivity index (χ1n) is 8.71. The zero-order valence-corrected chi connectivity index (χ0v) is 16.3. The summed E-state index contributed by atoms with van der Waals surface area (Å²) in [6.45, 7) is 0. The maximum absolute atomic E-state index is 13.0. The number of anilines is 1. The highest BCUT2D eigenvalue weighted by Gasteiger charge is 2.57. The van der Waals surface area contributed by atoms with E-state index in [4.69, 9.17) is 5.11 Å². The summed E-state index contributed by atoms with van der Waals surface area (Å²) in [5, 5.41) is 17.4. The molecule has 1 atom stereocenters. The molecular formula is C20H16BrN3O4. The molecule has 2 heterocycles. The summed E-state index contributed by atoms with van der Waals surface area (Å²) in [6.07, 6.45) is -0.336. The summed E-state index contributed by atoms with van der Waals surface area (Å²) >= 11 is 3.39. The van der Waals surface area contributed by atoms with E-state index in [1.165, 1.54) is 5.01 Å². The number of hydrogen-bond donors (Lipinski definition) is 2. The maximum atomic E-state index is 13.0. The van der Waals surface area contributed by atoms with E-state index in [-0.39, 0.29) is 25.2 Å². The predicted octanol–water partition coefficient (Wildman–Crippen LogP) is 3.10. The molecule has 1 spiro atoms. The predicted molar refractivity (Wildman–Crippen MR) is 106 cm³/mol. The van der Waals surface area contributed by atoms with Gasteiger partial charge in [-0.1, -0.05) is 46.3 Å². The summed E-state index contributed by atoms with van der Waals surface area (Å²) in [7, 11) is 0. The van der Waals surface area contributed by atoms with Gasteiger partial charge >= 0.3 is 5.97 Å². The minimum Gasteiger partial charge on any atom is -0.481 e. The van der Waals surface area contributed by atoms with E-state index in [1.54, 1.807) is 24.3 Å². The molecule has 4 rings (SSSR count). The maximum Gasteiger partial charge on any atom is 0.303 e. The molecule has 0 aromatic heterocycles. The van der Waals surface area contributed by atoms with Crippen LogP contribution in [-0.2, 0) is 19.9 Å². The van der Waals surface area contributed by atoms with E-state index < -0.39 is 17.4 Å². The third-order valence-electron chi connectivity index (χ3n) is 4.97. The lowest BCUT2D eigenvalue weighted by Crippen LogP contribution is -2.48. The number of amides is 2. The number of hydrazone groups is 1. The van der Waals surface area contributed by atoms with Crippen LogP contribution in [0.1, 0.15) is 30.4 Å². The van der Waals surface area contributed by atoms with Crippen molar-refractivity contribution in [3.8, 4) is 0 Å². The minimum atomic E-state index is -1.30. The van der Waals surface area contributed by atoms with Crippen molar-refractivity contribution in [3.05, 3.63) is 64.1 Å². The fourth-order valence-corrected chi connectivity index (χ4v) is 3.90. The average Bonchev–Trinajstić information content (AvgIpc) is 3.21. The first kappa shape index (κ1) is 18.4. The third kappa shape index (κ3) is 2.90. The van der Waals surface area contributed by atoms with Crippen LogP contribution < -0.4 is 5.32 Å². The molecule has 0 fully saturated rings. The van der Waals surface area contributed by atoms with Crippen LogP contribution in [0.4, 0.5) is 5.69 Å². The Kier molecular flexibility index (Phi) is 4.50. The van der Waals surface area contributed by atoms with Crippen LogP contribution in [0.15, 0.2) is 58.1 Å². The smallest absolute Gasteiger partial charge is 0.303 e. The molecule has 2 amide bonds. The molecule has 2 aliphatic rings. The van der Waals surface area contributed by atoms with Gasteiger partial charge in [-0.25, -0.2) is 5.01 Å². The van der Waals surface area contributed by atoms with E-state index in [0.29, 0.717) is 17.0 Å². The molecule has 0 aliphatic carbocycles. The van der Waals surface area contributed by atoms with Crippen LogP contribution in [0, 0.1) is 0 Å². The minimum absolute atomic E-state index is 0.219. The monoisotopic (exact) mass is 441 g/mol. The second-order valence-electron chi connectivity index (χ2n) is 6.69. The lowest BCUT2D eigenvalue weighted by atomic mass is 9.85. The van der Waals surface area contributed by atoms with E-state index in [9.17, 15) is 14.4 Å². The van der Waals surface area contributed by atoms with Gasteiger partial charge in [-0.3, -0.25) is 14.4 Å². The van der Waals surface area contributed by atoms with Crippen molar-refractivity contribution in [2.24, 2.45) is 5.10 Å². The second kappa shape index (κ2) is 6.87. The molecule has 0 saturated heterocycles. The van der Waals surface area contributed by atoms with Gasteiger partial charge in [0.1, 0.15) is 0 Å². The van der Waals surface area contributed by atoms with Crippen LogP contribution in [0.5, 0.6) is 0 Å². The number of nitrogens with one attached hydrogen (secondary N) is 1. The van der Waals surface area contributed by atoms with Crippen LogP contribution >= 0.6 is 15.9 Å². The number of nitrogens with zero attached hydrogens (tertiary/aromatic N) is 2. The van der Waals surface area contributed by atoms with Gasteiger partial charge in [-0.15, -0.1) is 0 Å². The Morgan fingerprint density at radius 3 is 2.57 bits per heavy atom. The van der Waals surface area contributed by atoms with Gasteiger partial charge in [0.05, 0.1) is 12.1 Å². The van der Waals surface area contributed by atoms with Gasteiger partial charge in [0.2, 0.25) is 5.91 Å². The molecule has 0 saturated carbocycles. The summed E-state index contributed by atoms with van der Waals surface area (Å²) < 4.78 is 0.905. The normalized spacial score (nSPS) is 20.1.